The van der Waals surface area contributed by atoms with Crippen LogP contribution in [0.4, 0.5) is 0 Å². The Kier molecular flexibility index (Phi) is 5.15. The molecule has 3 nitrogen and oxygen atoms in total. The van der Waals surface area contributed by atoms with Crippen molar-refractivity contribution < 1.29 is 9.90 Å². The van der Waals surface area contributed by atoms with Gasteiger partial charge in [0, 0.05) is 4.47 Å². The molecule has 4 heteroatoms. The quantitative estimate of drug-likeness (QED) is 0.897. The van der Waals surface area contributed by atoms with Gasteiger partial charge < -0.3 is 10.4 Å². The predicted molar refractivity (Wildman–Crippen MR) is 72.1 cm³/mol. The summed E-state index contributed by atoms with van der Waals surface area (Å²) in [7, 11) is 0. The summed E-state index contributed by atoms with van der Waals surface area (Å²) in [6.45, 7) is 5.82. The van der Waals surface area contributed by atoms with Crippen LogP contribution in [0.1, 0.15) is 29.8 Å². The molecule has 0 aromatic heterocycles. The van der Waals surface area contributed by atoms with Gasteiger partial charge in [0.25, 0.3) is 5.91 Å². The van der Waals surface area contributed by atoms with Crippen molar-refractivity contribution in [1.29, 1.82) is 0 Å². The van der Waals surface area contributed by atoms with Crippen LogP contribution in [0, 0.1) is 12.8 Å². The van der Waals surface area contributed by atoms with E-state index in [0.717, 1.165) is 10.0 Å². The number of aliphatic hydroxyl groups excluding tert-OH is 1. The van der Waals surface area contributed by atoms with Gasteiger partial charge in [-0.25, -0.2) is 0 Å². The van der Waals surface area contributed by atoms with Crippen molar-refractivity contribution in [3.63, 3.8) is 0 Å². The summed E-state index contributed by atoms with van der Waals surface area (Å²) < 4.78 is 0.765. The molecule has 94 valence electrons. The van der Waals surface area contributed by atoms with Gasteiger partial charge in [-0.3, -0.25) is 4.79 Å². The summed E-state index contributed by atoms with van der Waals surface area (Å²) in [6, 6.07) is 5.41. The number of halogens is 1. The van der Waals surface area contributed by atoms with Crippen LogP contribution in [0.5, 0.6) is 0 Å². The SMILES string of the molecule is Cc1ccc(Br)c(C(=O)N[C@H](CO)C(C)C)c1. The third-order valence-electron chi connectivity index (χ3n) is 2.68. The van der Waals surface area contributed by atoms with Gasteiger partial charge in [0.05, 0.1) is 18.2 Å². The second-order valence-corrected chi connectivity index (χ2v) is 5.34. The first kappa shape index (κ1) is 14.2. The van der Waals surface area contributed by atoms with Crippen LogP contribution in [0.25, 0.3) is 0 Å². The van der Waals surface area contributed by atoms with Crippen LogP contribution in [0.3, 0.4) is 0 Å². The van der Waals surface area contributed by atoms with Gasteiger partial charge in [-0.1, -0.05) is 25.5 Å². The highest BCUT2D eigenvalue weighted by molar-refractivity contribution is 9.10. The summed E-state index contributed by atoms with van der Waals surface area (Å²) >= 11 is 3.36. The summed E-state index contributed by atoms with van der Waals surface area (Å²) in [5, 5.41) is 12.0. The zero-order valence-corrected chi connectivity index (χ0v) is 11.9. The Hall–Kier alpha value is -0.870. The number of amides is 1. The molecule has 0 radical (unpaired) electrons. The van der Waals surface area contributed by atoms with Crippen molar-refractivity contribution in [2.45, 2.75) is 26.8 Å². The molecule has 1 amide bonds. The van der Waals surface area contributed by atoms with Crippen LogP contribution in [0.15, 0.2) is 22.7 Å². The molecule has 0 aliphatic rings. The number of rotatable bonds is 4. The molecule has 1 rings (SSSR count). The smallest absolute Gasteiger partial charge is 0.252 e. The number of carbonyl (C=O) groups excluding carboxylic acids is 1. The maximum atomic E-state index is 12.0. The standard InChI is InChI=1S/C13H18BrNO2/c1-8(2)12(7-16)15-13(17)10-6-9(3)4-5-11(10)14/h4-6,8,12,16H,7H2,1-3H3,(H,15,17)/t12-/m1/s1. The third-order valence-corrected chi connectivity index (χ3v) is 3.38. The van der Waals surface area contributed by atoms with E-state index in [0.29, 0.717) is 5.56 Å². The lowest BCUT2D eigenvalue weighted by Crippen LogP contribution is -2.41. The van der Waals surface area contributed by atoms with Gasteiger partial charge in [-0.2, -0.15) is 0 Å². The lowest BCUT2D eigenvalue weighted by atomic mass is 10.0. The van der Waals surface area contributed by atoms with Crippen LogP contribution in [-0.4, -0.2) is 23.7 Å². The van der Waals surface area contributed by atoms with Crippen molar-refractivity contribution in [3.05, 3.63) is 33.8 Å². The van der Waals surface area contributed by atoms with Gasteiger partial charge in [-0.15, -0.1) is 0 Å². The van der Waals surface area contributed by atoms with Crippen molar-refractivity contribution in [2.24, 2.45) is 5.92 Å². The zero-order chi connectivity index (χ0) is 13.0. The normalized spacial score (nSPS) is 12.6. The van der Waals surface area contributed by atoms with Gasteiger partial charge in [0.15, 0.2) is 0 Å². The second-order valence-electron chi connectivity index (χ2n) is 4.49. The fourth-order valence-corrected chi connectivity index (χ4v) is 1.91. The molecule has 1 atom stereocenters. The Balaban J connectivity index is 2.86. The molecule has 1 aromatic carbocycles. The minimum Gasteiger partial charge on any atom is -0.394 e. The molecule has 0 unspecified atom stereocenters. The molecule has 0 bridgehead atoms. The van der Waals surface area contributed by atoms with Crippen molar-refractivity contribution in [1.82, 2.24) is 5.32 Å². The lowest BCUT2D eigenvalue weighted by Gasteiger charge is -2.20. The van der Waals surface area contributed by atoms with Gasteiger partial charge in [-0.05, 0) is 40.9 Å². The van der Waals surface area contributed by atoms with Crippen LogP contribution < -0.4 is 5.32 Å². The van der Waals surface area contributed by atoms with E-state index < -0.39 is 0 Å². The maximum Gasteiger partial charge on any atom is 0.252 e. The Morgan fingerprint density at radius 3 is 2.65 bits per heavy atom. The first-order chi connectivity index (χ1) is 7.95. The summed E-state index contributed by atoms with van der Waals surface area (Å²) in [4.78, 5) is 12.0. The number of benzene rings is 1. The van der Waals surface area contributed by atoms with Crippen molar-refractivity contribution in [3.8, 4) is 0 Å². The van der Waals surface area contributed by atoms with E-state index in [9.17, 15) is 9.90 Å². The summed E-state index contributed by atoms with van der Waals surface area (Å²) in [5.41, 5.74) is 1.63. The fourth-order valence-electron chi connectivity index (χ4n) is 1.48. The molecule has 0 aliphatic heterocycles. The van der Waals surface area contributed by atoms with E-state index in [2.05, 4.69) is 21.2 Å². The number of hydrogen-bond acceptors (Lipinski definition) is 2. The molecule has 0 heterocycles. The van der Waals surface area contributed by atoms with Gasteiger partial charge in [0.2, 0.25) is 0 Å². The van der Waals surface area contributed by atoms with Crippen LogP contribution in [0.2, 0.25) is 0 Å². The first-order valence-corrected chi connectivity index (χ1v) is 6.43. The van der Waals surface area contributed by atoms with Crippen LogP contribution in [-0.2, 0) is 0 Å². The third kappa shape index (κ3) is 3.82. The maximum absolute atomic E-state index is 12.0. The van der Waals surface area contributed by atoms with E-state index in [4.69, 9.17) is 0 Å². The molecule has 0 spiro atoms. The Labute approximate surface area is 110 Å². The molecule has 17 heavy (non-hydrogen) atoms. The van der Waals surface area contributed by atoms with E-state index in [1.165, 1.54) is 0 Å². The Morgan fingerprint density at radius 2 is 2.12 bits per heavy atom. The minimum absolute atomic E-state index is 0.0488. The van der Waals surface area contributed by atoms with Crippen molar-refractivity contribution in [2.75, 3.05) is 6.61 Å². The molecule has 0 fully saturated rings. The minimum atomic E-state index is -0.213. The van der Waals surface area contributed by atoms with E-state index in [-0.39, 0.29) is 24.5 Å². The highest BCUT2D eigenvalue weighted by atomic mass is 79.9. The molecule has 0 saturated carbocycles. The Bertz CT molecular complexity index is 404. The average Bonchev–Trinajstić information content (AvgIpc) is 2.28. The largest absolute Gasteiger partial charge is 0.394 e. The predicted octanol–water partition coefficient (Wildman–Crippen LogP) is 2.50. The number of aryl methyl sites for hydroxylation is 1. The zero-order valence-electron chi connectivity index (χ0n) is 10.3. The first-order valence-electron chi connectivity index (χ1n) is 5.63. The fraction of sp³-hybridized carbons (Fsp3) is 0.462. The van der Waals surface area contributed by atoms with E-state index in [1.807, 2.05) is 39.0 Å². The highest BCUT2D eigenvalue weighted by Crippen LogP contribution is 2.18. The molecule has 0 aliphatic carbocycles. The summed E-state index contributed by atoms with van der Waals surface area (Å²) in [6.07, 6.45) is 0. The second kappa shape index (κ2) is 6.17. The van der Waals surface area contributed by atoms with Crippen LogP contribution >= 0.6 is 15.9 Å². The topological polar surface area (TPSA) is 49.3 Å². The number of carbonyl (C=O) groups is 1. The number of nitrogens with one attached hydrogen (secondary N) is 1. The molecule has 2 N–H and O–H groups in total. The molecule has 0 saturated heterocycles. The monoisotopic (exact) mass is 299 g/mol. The van der Waals surface area contributed by atoms with Gasteiger partial charge in [0.1, 0.15) is 0 Å². The Morgan fingerprint density at radius 1 is 1.47 bits per heavy atom. The van der Waals surface area contributed by atoms with E-state index >= 15 is 0 Å². The average molecular weight is 300 g/mol. The van der Waals surface area contributed by atoms with Gasteiger partial charge >= 0.3 is 0 Å². The summed E-state index contributed by atoms with van der Waals surface area (Å²) in [5.74, 6) is 0.0425. The molecular formula is C13H18BrNO2. The van der Waals surface area contributed by atoms with E-state index in [1.54, 1.807) is 0 Å². The van der Waals surface area contributed by atoms with Crippen molar-refractivity contribution >= 4 is 21.8 Å². The molecule has 1 aromatic rings. The number of aliphatic hydroxyl groups is 1. The lowest BCUT2D eigenvalue weighted by molar-refractivity contribution is 0.0896. The highest BCUT2D eigenvalue weighted by Gasteiger charge is 2.17. The molecular weight excluding hydrogens is 282 g/mol. The number of hydrogen-bond donors (Lipinski definition) is 2.